The standard InChI is InChI=1S/C16H14BrN3O2S2/c17-10-2-1-3-11(8-10)18-14(21)12-9-13-15(23-12)19-16(24-13)20-4-6-22-7-5-20/h1-3,8-9H,4-7H2,(H,18,21). The van der Waals surface area contributed by atoms with E-state index in [1.807, 2.05) is 30.3 Å². The summed E-state index contributed by atoms with van der Waals surface area (Å²) in [4.78, 5) is 20.9. The SMILES string of the molecule is O=C(Nc1cccc(Br)c1)c1cc2sc(N3CCOCC3)nc2s1. The fourth-order valence-electron chi connectivity index (χ4n) is 2.48. The molecule has 1 aromatic carbocycles. The number of hydrogen-bond donors (Lipinski definition) is 1. The van der Waals surface area contributed by atoms with Crippen molar-refractivity contribution in [2.24, 2.45) is 0 Å². The van der Waals surface area contributed by atoms with E-state index in [0.29, 0.717) is 4.88 Å². The van der Waals surface area contributed by atoms with E-state index < -0.39 is 0 Å². The molecule has 5 nitrogen and oxygen atoms in total. The van der Waals surface area contributed by atoms with Crippen molar-refractivity contribution >= 4 is 64.9 Å². The van der Waals surface area contributed by atoms with Gasteiger partial charge in [0.2, 0.25) is 0 Å². The first-order valence-electron chi connectivity index (χ1n) is 7.49. The number of amides is 1. The number of fused-ring (bicyclic) bond motifs is 1. The second-order valence-electron chi connectivity index (χ2n) is 5.34. The van der Waals surface area contributed by atoms with Crippen LogP contribution in [0.1, 0.15) is 9.67 Å². The maximum atomic E-state index is 12.4. The van der Waals surface area contributed by atoms with Gasteiger partial charge in [-0.1, -0.05) is 33.3 Å². The largest absolute Gasteiger partial charge is 0.378 e. The lowest BCUT2D eigenvalue weighted by molar-refractivity contribution is 0.103. The highest BCUT2D eigenvalue weighted by Gasteiger charge is 2.18. The third kappa shape index (κ3) is 3.32. The summed E-state index contributed by atoms with van der Waals surface area (Å²) in [5.41, 5.74) is 0.771. The highest BCUT2D eigenvalue weighted by atomic mass is 79.9. The molecule has 1 aliphatic rings. The zero-order valence-electron chi connectivity index (χ0n) is 12.6. The molecule has 0 unspecified atom stereocenters. The minimum atomic E-state index is -0.101. The van der Waals surface area contributed by atoms with Crippen LogP contribution in [0.25, 0.3) is 9.53 Å². The molecule has 0 spiro atoms. The Bertz CT molecular complexity index is 855. The number of halogens is 1. The number of aromatic nitrogens is 1. The van der Waals surface area contributed by atoms with E-state index >= 15 is 0 Å². The first-order chi connectivity index (χ1) is 11.7. The van der Waals surface area contributed by atoms with Crippen LogP contribution in [-0.2, 0) is 4.74 Å². The van der Waals surface area contributed by atoms with Crippen molar-refractivity contribution in [3.05, 3.63) is 39.7 Å². The van der Waals surface area contributed by atoms with Gasteiger partial charge in [-0.2, -0.15) is 0 Å². The molecule has 124 valence electrons. The summed E-state index contributed by atoms with van der Waals surface area (Å²) in [5.74, 6) is -0.101. The molecule has 0 atom stereocenters. The molecule has 1 amide bonds. The average Bonchev–Trinajstić information content (AvgIpc) is 3.14. The Balaban J connectivity index is 1.52. The van der Waals surface area contributed by atoms with E-state index in [4.69, 9.17) is 4.74 Å². The molecule has 1 N–H and O–H groups in total. The molecule has 0 saturated carbocycles. The first kappa shape index (κ1) is 16.0. The zero-order valence-corrected chi connectivity index (χ0v) is 15.8. The summed E-state index contributed by atoms with van der Waals surface area (Å²) in [7, 11) is 0. The Labute approximate surface area is 155 Å². The molecular formula is C16H14BrN3O2S2. The molecule has 1 saturated heterocycles. The molecule has 2 aromatic heterocycles. The lowest BCUT2D eigenvalue weighted by Crippen LogP contribution is -2.36. The van der Waals surface area contributed by atoms with Crippen LogP contribution in [0.3, 0.4) is 0 Å². The number of hydrogen-bond acceptors (Lipinski definition) is 6. The quantitative estimate of drug-likeness (QED) is 0.685. The predicted octanol–water partition coefficient (Wildman–Crippen LogP) is 4.21. The van der Waals surface area contributed by atoms with Crippen LogP contribution in [-0.4, -0.2) is 37.2 Å². The van der Waals surface area contributed by atoms with Crippen molar-refractivity contribution in [2.45, 2.75) is 0 Å². The van der Waals surface area contributed by atoms with Crippen LogP contribution in [0.2, 0.25) is 0 Å². The number of thiophene rings is 1. The second-order valence-corrected chi connectivity index (χ2v) is 8.30. The van der Waals surface area contributed by atoms with E-state index in [2.05, 4.69) is 31.1 Å². The van der Waals surface area contributed by atoms with Gasteiger partial charge in [-0.3, -0.25) is 4.79 Å². The van der Waals surface area contributed by atoms with Gasteiger partial charge < -0.3 is 15.0 Å². The third-order valence-electron chi connectivity index (χ3n) is 3.67. The van der Waals surface area contributed by atoms with Crippen LogP contribution in [0.4, 0.5) is 10.8 Å². The van der Waals surface area contributed by atoms with Crippen molar-refractivity contribution in [3.8, 4) is 0 Å². The topological polar surface area (TPSA) is 54.5 Å². The highest BCUT2D eigenvalue weighted by Crippen LogP contribution is 2.35. The minimum Gasteiger partial charge on any atom is -0.378 e. The minimum absolute atomic E-state index is 0.101. The normalized spacial score (nSPS) is 15.0. The number of rotatable bonds is 3. The van der Waals surface area contributed by atoms with Crippen LogP contribution < -0.4 is 10.2 Å². The van der Waals surface area contributed by atoms with Crippen LogP contribution in [0.15, 0.2) is 34.8 Å². The number of carbonyl (C=O) groups excluding carboxylic acids is 1. The summed E-state index contributed by atoms with van der Waals surface area (Å²) in [5, 5.41) is 3.93. The Hall–Kier alpha value is -1.48. The van der Waals surface area contributed by atoms with Gasteiger partial charge in [0.25, 0.3) is 5.91 Å². The molecule has 1 fully saturated rings. The number of ether oxygens (including phenoxy) is 1. The summed E-state index contributed by atoms with van der Waals surface area (Å²) >= 11 is 6.47. The van der Waals surface area contributed by atoms with Gasteiger partial charge in [0.15, 0.2) is 5.13 Å². The number of benzene rings is 1. The molecule has 0 radical (unpaired) electrons. The maximum Gasteiger partial charge on any atom is 0.265 e. The first-order valence-corrected chi connectivity index (χ1v) is 9.91. The fourth-order valence-corrected chi connectivity index (χ4v) is 5.04. The number of thiazole rings is 1. The Morgan fingerprint density at radius 3 is 2.83 bits per heavy atom. The van der Waals surface area contributed by atoms with E-state index in [-0.39, 0.29) is 5.91 Å². The highest BCUT2D eigenvalue weighted by molar-refractivity contribution is 9.10. The van der Waals surface area contributed by atoms with Gasteiger partial charge in [-0.15, -0.1) is 11.3 Å². The van der Waals surface area contributed by atoms with Gasteiger partial charge in [0, 0.05) is 23.2 Å². The Kier molecular flexibility index (Phi) is 4.53. The van der Waals surface area contributed by atoms with Crippen molar-refractivity contribution < 1.29 is 9.53 Å². The molecule has 4 rings (SSSR count). The predicted molar refractivity (Wildman–Crippen MR) is 103 cm³/mol. The van der Waals surface area contributed by atoms with Crippen LogP contribution >= 0.6 is 38.6 Å². The smallest absolute Gasteiger partial charge is 0.265 e. The van der Waals surface area contributed by atoms with E-state index in [9.17, 15) is 4.79 Å². The molecule has 0 bridgehead atoms. The van der Waals surface area contributed by atoms with E-state index in [1.54, 1.807) is 11.3 Å². The Morgan fingerprint density at radius 1 is 1.25 bits per heavy atom. The van der Waals surface area contributed by atoms with Crippen LogP contribution in [0.5, 0.6) is 0 Å². The number of nitrogens with one attached hydrogen (secondary N) is 1. The fraction of sp³-hybridized carbons (Fsp3) is 0.250. The maximum absolute atomic E-state index is 12.4. The molecule has 1 aliphatic heterocycles. The molecular weight excluding hydrogens is 410 g/mol. The van der Waals surface area contributed by atoms with Gasteiger partial charge >= 0.3 is 0 Å². The number of anilines is 2. The number of carbonyl (C=O) groups is 1. The van der Waals surface area contributed by atoms with Crippen molar-refractivity contribution in [1.82, 2.24) is 4.98 Å². The molecule has 3 heterocycles. The van der Waals surface area contributed by atoms with Gasteiger partial charge in [0.1, 0.15) is 4.83 Å². The summed E-state index contributed by atoms with van der Waals surface area (Å²) in [6.07, 6.45) is 0. The molecule has 24 heavy (non-hydrogen) atoms. The van der Waals surface area contributed by atoms with Crippen LogP contribution in [0, 0.1) is 0 Å². The van der Waals surface area contributed by atoms with Crippen molar-refractivity contribution in [1.29, 1.82) is 0 Å². The summed E-state index contributed by atoms with van der Waals surface area (Å²) < 4.78 is 7.36. The van der Waals surface area contributed by atoms with E-state index in [1.165, 1.54) is 11.3 Å². The zero-order chi connectivity index (χ0) is 16.5. The number of nitrogens with zero attached hydrogens (tertiary/aromatic N) is 2. The van der Waals surface area contributed by atoms with Gasteiger partial charge in [0.05, 0.1) is 22.8 Å². The summed E-state index contributed by atoms with van der Waals surface area (Å²) in [6, 6.07) is 9.49. The van der Waals surface area contributed by atoms with Gasteiger partial charge in [-0.05, 0) is 24.3 Å². The van der Waals surface area contributed by atoms with Gasteiger partial charge in [-0.25, -0.2) is 4.98 Å². The van der Waals surface area contributed by atoms with Crippen molar-refractivity contribution in [2.75, 3.05) is 36.5 Å². The molecule has 0 aliphatic carbocycles. The Morgan fingerprint density at radius 2 is 2.08 bits per heavy atom. The number of morpholine rings is 1. The lowest BCUT2D eigenvalue weighted by atomic mass is 10.3. The second kappa shape index (κ2) is 6.79. The molecule has 3 aromatic rings. The third-order valence-corrected chi connectivity index (χ3v) is 6.38. The van der Waals surface area contributed by atoms with Crippen molar-refractivity contribution in [3.63, 3.8) is 0 Å². The monoisotopic (exact) mass is 423 g/mol. The summed E-state index contributed by atoms with van der Waals surface area (Å²) in [6.45, 7) is 3.23. The van der Waals surface area contributed by atoms with E-state index in [0.717, 1.165) is 51.1 Å². The average molecular weight is 424 g/mol. The molecule has 8 heteroatoms. The lowest BCUT2D eigenvalue weighted by Gasteiger charge is -2.25.